The highest BCUT2D eigenvalue weighted by molar-refractivity contribution is 5.36. The second kappa shape index (κ2) is 5.04. The molecule has 1 aromatic heterocycles. The number of hydrogen-bond donors (Lipinski definition) is 1. The Morgan fingerprint density at radius 2 is 2.00 bits per heavy atom. The first-order valence-corrected chi connectivity index (χ1v) is 6.00. The summed E-state index contributed by atoms with van der Waals surface area (Å²) in [5, 5.41) is 7.81. The fraction of sp³-hybridized carbons (Fsp3) is 0.357. The van der Waals surface area contributed by atoms with Gasteiger partial charge in [0.25, 0.3) is 0 Å². The molecule has 0 bridgehead atoms. The van der Waals surface area contributed by atoms with E-state index in [0.717, 1.165) is 12.4 Å². The Kier molecular flexibility index (Phi) is 3.47. The van der Waals surface area contributed by atoms with Crippen LogP contribution in [0.4, 0.5) is 5.82 Å². The molecule has 0 atom stereocenters. The van der Waals surface area contributed by atoms with Gasteiger partial charge in [-0.3, -0.25) is 4.68 Å². The third-order valence-electron chi connectivity index (χ3n) is 2.86. The van der Waals surface area contributed by atoms with Gasteiger partial charge in [0.1, 0.15) is 5.82 Å². The molecule has 3 nitrogen and oxygen atoms in total. The molecule has 0 unspecified atom stereocenters. The van der Waals surface area contributed by atoms with Gasteiger partial charge in [0.15, 0.2) is 0 Å². The molecule has 0 fully saturated rings. The smallest absolute Gasteiger partial charge is 0.148 e. The summed E-state index contributed by atoms with van der Waals surface area (Å²) in [6.45, 7) is 7.20. The molecule has 2 aromatic rings. The molecule has 0 spiro atoms. The molecule has 0 amide bonds. The van der Waals surface area contributed by atoms with Crippen molar-refractivity contribution < 1.29 is 0 Å². The standard InChI is InChI=1S/C14H19N3/c1-11(2)17-9-8-14(16-17)15-10-13-7-5-4-6-12(13)3/h4-9,11H,10H2,1-3H3,(H,15,16). The van der Waals surface area contributed by atoms with Crippen LogP contribution in [0.5, 0.6) is 0 Å². The van der Waals surface area contributed by atoms with Crippen LogP contribution in [0, 0.1) is 6.92 Å². The molecule has 2 rings (SSSR count). The van der Waals surface area contributed by atoms with Crippen LogP contribution in [0.15, 0.2) is 36.5 Å². The topological polar surface area (TPSA) is 29.9 Å². The number of aromatic nitrogens is 2. The summed E-state index contributed by atoms with van der Waals surface area (Å²) in [4.78, 5) is 0. The van der Waals surface area contributed by atoms with Gasteiger partial charge in [-0.15, -0.1) is 0 Å². The highest BCUT2D eigenvalue weighted by Gasteiger charge is 2.02. The van der Waals surface area contributed by atoms with Gasteiger partial charge in [0, 0.05) is 24.8 Å². The summed E-state index contributed by atoms with van der Waals surface area (Å²) < 4.78 is 1.96. The van der Waals surface area contributed by atoms with Gasteiger partial charge in [-0.25, -0.2) is 0 Å². The van der Waals surface area contributed by atoms with Crippen molar-refractivity contribution in [3.63, 3.8) is 0 Å². The van der Waals surface area contributed by atoms with Crippen LogP contribution in [-0.4, -0.2) is 9.78 Å². The predicted molar refractivity (Wildman–Crippen MR) is 71.1 cm³/mol. The van der Waals surface area contributed by atoms with Crippen LogP contribution in [0.1, 0.15) is 31.0 Å². The Morgan fingerprint density at radius 3 is 2.65 bits per heavy atom. The van der Waals surface area contributed by atoms with Crippen molar-refractivity contribution >= 4 is 5.82 Å². The maximum Gasteiger partial charge on any atom is 0.148 e. The number of nitrogens with zero attached hydrogens (tertiary/aromatic N) is 2. The monoisotopic (exact) mass is 229 g/mol. The zero-order valence-electron chi connectivity index (χ0n) is 10.6. The fourth-order valence-electron chi connectivity index (χ4n) is 1.71. The van der Waals surface area contributed by atoms with E-state index in [2.05, 4.69) is 55.5 Å². The first kappa shape index (κ1) is 11.7. The van der Waals surface area contributed by atoms with Crippen LogP contribution < -0.4 is 5.32 Å². The summed E-state index contributed by atoms with van der Waals surface area (Å²) in [6, 6.07) is 10.8. The van der Waals surface area contributed by atoms with Crippen molar-refractivity contribution in [2.24, 2.45) is 0 Å². The summed E-state index contributed by atoms with van der Waals surface area (Å²) in [5.74, 6) is 0.932. The van der Waals surface area contributed by atoms with E-state index in [4.69, 9.17) is 0 Å². The largest absolute Gasteiger partial charge is 0.365 e. The minimum atomic E-state index is 0.406. The highest BCUT2D eigenvalue weighted by Crippen LogP contribution is 2.12. The van der Waals surface area contributed by atoms with Crippen molar-refractivity contribution in [1.82, 2.24) is 9.78 Å². The second-order valence-corrected chi connectivity index (χ2v) is 4.55. The highest BCUT2D eigenvalue weighted by atomic mass is 15.3. The maximum atomic E-state index is 4.46. The molecule has 0 saturated heterocycles. The van der Waals surface area contributed by atoms with E-state index in [1.165, 1.54) is 11.1 Å². The van der Waals surface area contributed by atoms with Gasteiger partial charge in [0.2, 0.25) is 0 Å². The zero-order chi connectivity index (χ0) is 12.3. The zero-order valence-corrected chi connectivity index (χ0v) is 10.6. The third-order valence-corrected chi connectivity index (χ3v) is 2.86. The van der Waals surface area contributed by atoms with E-state index in [1.807, 2.05) is 16.9 Å². The molecule has 0 aliphatic carbocycles. The average Bonchev–Trinajstić information content (AvgIpc) is 2.77. The number of hydrogen-bond acceptors (Lipinski definition) is 2. The number of anilines is 1. The quantitative estimate of drug-likeness (QED) is 0.871. The molecule has 90 valence electrons. The molecule has 0 radical (unpaired) electrons. The Balaban J connectivity index is 2.00. The number of aryl methyl sites for hydroxylation is 1. The predicted octanol–water partition coefficient (Wildman–Crippen LogP) is 3.38. The molecule has 0 aliphatic heterocycles. The van der Waals surface area contributed by atoms with Gasteiger partial charge in [-0.05, 0) is 31.9 Å². The minimum absolute atomic E-state index is 0.406. The lowest BCUT2D eigenvalue weighted by Crippen LogP contribution is -2.04. The lowest BCUT2D eigenvalue weighted by atomic mass is 10.1. The number of nitrogens with one attached hydrogen (secondary N) is 1. The summed E-state index contributed by atoms with van der Waals surface area (Å²) in [7, 11) is 0. The Morgan fingerprint density at radius 1 is 1.24 bits per heavy atom. The minimum Gasteiger partial charge on any atom is -0.365 e. The van der Waals surface area contributed by atoms with E-state index in [-0.39, 0.29) is 0 Å². The van der Waals surface area contributed by atoms with Gasteiger partial charge in [-0.1, -0.05) is 24.3 Å². The number of rotatable bonds is 4. The lowest BCUT2D eigenvalue weighted by molar-refractivity contribution is 0.534. The van der Waals surface area contributed by atoms with Gasteiger partial charge < -0.3 is 5.32 Å². The normalized spacial score (nSPS) is 10.8. The summed E-state index contributed by atoms with van der Waals surface area (Å²) in [5.41, 5.74) is 2.62. The molecule has 3 heteroatoms. The second-order valence-electron chi connectivity index (χ2n) is 4.55. The molecule has 1 N–H and O–H groups in total. The first-order chi connectivity index (χ1) is 8.16. The van der Waals surface area contributed by atoms with Crippen molar-refractivity contribution in [3.8, 4) is 0 Å². The lowest BCUT2D eigenvalue weighted by Gasteiger charge is -2.07. The number of benzene rings is 1. The van der Waals surface area contributed by atoms with Crippen LogP contribution in [-0.2, 0) is 6.54 Å². The molecular formula is C14H19N3. The van der Waals surface area contributed by atoms with Gasteiger partial charge in [-0.2, -0.15) is 5.10 Å². The molecule has 17 heavy (non-hydrogen) atoms. The van der Waals surface area contributed by atoms with Crippen LogP contribution in [0.2, 0.25) is 0 Å². The van der Waals surface area contributed by atoms with Gasteiger partial charge >= 0.3 is 0 Å². The van der Waals surface area contributed by atoms with E-state index in [1.54, 1.807) is 0 Å². The molecular weight excluding hydrogens is 210 g/mol. The fourth-order valence-corrected chi connectivity index (χ4v) is 1.71. The molecule has 0 aliphatic rings. The van der Waals surface area contributed by atoms with E-state index >= 15 is 0 Å². The van der Waals surface area contributed by atoms with Gasteiger partial charge in [0.05, 0.1) is 0 Å². The van der Waals surface area contributed by atoms with Crippen LogP contribution in [0.3, 0.4) is 0 Å². The van der Waals surface area contributed by atoms with Crippen molar-refractivity contribution in [2.75, 3.05) is 5.32 Å². The van der Waals surface area contributed by atoms with Crippen LogP contribution >= 0.6 is 0 Å². The molecule has 0 saturated carbocycles. The molecule has 1 heterocycles. The van der Waals surface area contributed by atoms with Crippen LogP contribution in [0.25, 0.3) is 0 Å². The van der Waals surface area contributed by atoms with E-state index in [0.29, 0.717) is 6.04 Å². The Bertz CT molecular complexity index is 486. The Hall–Kier alpha value is -1.77. The Labute approximate surface area is 102 Å². The summed E-state index contributed by atoms with van der Waals surface area (Å²) in [6.07, 6.45) is 2.00. The van der Waals surface area contributed by atoms with Crippen molar-refractivity contribution in [3.05, 3.63) is 47.7 Å². The maximum absolute atomic E-state index is 4.46. The SMILES string of the molecule is Cc1ccccc1CNc1ccn(C(C)C)n1. The van der Waals surface area contributed by atoms with E-state index in [9.17, 15) is 0 Å². The molecule has 1 aromatic carbocycles. The average molecular weight is 229 g/mol. The van der Waals surface area contributed by atoms with Crippen molar-refractivity contribution in [2.45, 2.75) is 33.4 Å². The van der Waals surface area contributed by atoms with E-state index < -0.39 is 0 Å². The third kappa shape index (κ3) is 2.87. The summed E-state index contributed by atoms with van der Waals surface area (Å²) >= 11 is 0. The first-order valence-electron chi connectivity index (χ1n) is 6.00. The van der Waals surface area contributed by atoms with Crippen molar-refractivity contribution in [1.29, 1.82) is 0 Å².